The van der Waals surface area contributed by atoms with Gasteiger partial charge in [-0.05, 0) is 17.5 Å². The highest BCUT2D eigenvalue weighted by atomic mass is 16.4. The molecule has 3 atom stereocenters. The van der Waals surface area contributed by atoms with E-state index in [0.717, 1.165) is 13.0 Å². The van der Waals surface area contributed by atoms with Crippen LogP contribution in [-0.2, 0) is 11.2 Å². The van der Waals surface area contributed by atoms with Crippen LogP contribution in [0.2, 0.25) is 0 Å². The first-order chi connectivity index (χ1) is 8.65. The molecular weight excluding hydrogens is 230 g/mol. The number of hydrogen-bond acceptors (Lipinski definition) is 3. The van der Waals surface area contributed by atoms with E-state index in [9.17, 15) is 9.90 Å². The first kappa shape index (κ1) is 11.7. The minimum Gasteiger partial charge on any atom is -0.480 e. The van der Waals surface area contributed by atoms with E-state index in [4.69, 9.17) is 5.11 Å². The van der Waals surface area contributed by atoms with Gasteiger partial charge in [-0.25, -0.2) is 0 Å². The molecule has 3 unspecified atom stereocenters. The Bertz CT molecular complexity index is 474. The largest absolute Gasteiger partial charge is 0.480 e. The lowest BCUT2D eigenvalue weighted by Gasteiger charge is -2.34. The summed E-state index contributed by atoms with van der Waals surface area (Å²) in [6.45, 7) is 1.22. The number of nitrogens with zero attached hydrogens (tertiary/aromatic N) is 1. The van der Waals surface area contributed by atoms with Crippen LogP contribution in [0.1, 0.15) is 23.5 Å². The van der Waals surface area contributed by atoms with Crippen molar-refractivity contribution in [3.63, 3.8) is 0 Å². The molecule has 0 aromatic heterocycles. The van der Waals surface area contributed by atoms with E-state index in [1.165, 1.54) is 11.1 Å². The number of hydrogen-bond donors (Lipinski definition) is 2. The van der Waals surface area contributed by atoms with Crippen molar-refractivity contribution in [2.24, 2.45) is 0 Å². The normalized spacial score (nSPS) is 30.8. The Kier molecular flexibility index (Phi) is 2.84. The van der Waals surface area contributed by atoms with E-state index < -0.39 is 18.1 Å². The number of benzene rings is 1. The van der Waals surface area contributed by atoms with E-state index >= 15 is 0 Å². The number of carboxylic acids is 1. The lowest BCUT2D eigenvalue weighted by molar-refractivity contribution is -0.142. The molecule has 1 aromatic rings. The summed E-state index contributed by atoms with van der Waals surface area (Å²) < 4.78 is 0. The van der Waals surface area contributed by atoms with Crippen LogP contribution in [0.5, 0.6) is 0 Å². The minimum absolute atomic E-state index is 0.351. The van der Waals surface area contributed by atoms with Crippen molar-refractivity contribution in [1.29, 1.82) is 0 Å². The van der Waals surface area contributed by atoms with Gasteiger partial charge < -0.3 is 10.2 Å². The molecule has 3 rings (SSSR count). The van der Waals surface area contributed by atoms with Gasteiger partial charge >= 0.3 is 5.97 Å². The third kappa shape index (κ3) is 1.91. The number of likely N-dealkylation sites (tertiary alicyclic amines) is 1. The number of aliphatic hydroxyl groups excluding tert-OH is 1. The third-order valence-corrected chi connectivity index (χ3v) is 4.08. The Morgan fingerprint density at radius 3 is 2.89 bits per heavy atom. The van der Waals surface area contributed by atoms with Gasteiger partial charge in [-0.3, -0.25) is 9.69 Å². The highest BCUT2D eigenvalue weighted by Gasteiger charge is 2.38. The van der Waals surface area contributed by atoms with E-state index in [-0.39, 0.29) is 0 Å². The van der Waals surface area contributed by atoms with E-state index in [1.54, 1.807) is 0 Å². The van der Waals surface area contributed by atoms with Crippen LogP contribution >= 0.6 is 0 Å². The van der Waals surface area contributed by atoms with Gasteiger partial charge in [-0.2, -0.15) is 0 Å². The van der Waals surface area contributed by atoms with Gasteiger partial charge in [0.1, 0.15) is 6.04 Å². The van der Waals surface area contributed by atoms with Gasteiger partial charge in [-0.15, -0.1) is 0 Å². The summed E-state index contributed by atoms with van der Waals surface area (Å²) in [5.41, 5.74) is 2.71. The van der Waals surface area contributed by atoms with E-state index in [0.29, 0.717) is 18.9 Å². The zero-order valence-electron chi connectivity index (χ0n) is 10.1. The van der Waals surface area contributed by atoms with Crippen molar-refractivity contribution >= 4 is 5.97 Å². The third-order valence-electron chi connectivity index (χ3n) is 4.08. The standard InChI is InChI=1S/C14H17NO3/c16-11-6-13(14(17)18)15(8-11)7-10-5-9-3-1-2-4-12(9)10/h1-4,10-11,13,16H,5-8H2,(H,17,18). The molecule has 0 amide bonds. The summed E-state index contributed by atoms with van der Waals surface area (Å²) >= 11 is 0. The smallest absolute Gasteiger partial charge is 0.321 e. The molecule has 0 saturated carbocycles. The second-order valence-corrected chi connectivity index (χ2v) is 5.30. The van der Waals surface area contributed by atoms with Crippen molar-refractivity contribution in [2.45, 2.75) is 30.9 Å². The summed E-state index contributed by atoms with van der Waals surface area (Å²) in [6, 6.07) is 7.78. The molecule has 1 fully saturated rings. The summed E-state index contributed by atoms with van der Waals surface area (Å²) in [4.78, 5) is 13.0. The molecule has 0 radical (unpaired) electrons. The fourth-order valence-electron chi connectivity index (χ4n) is 3.15. The maximum absolute atomic E-state index is 11.1. The zero-order chi connectivity index (χ0) is 12.7. The first-order valence-corrected chi connectivity index (χ1v) is 6.38. The van der Waals surface area contributed by atoms with E-state index in [1.807, 2.05) is 17.0 Å². The van der Waals surface area contributed by atoms with Crippen LogP contribution in [0, 0.1) is 0 Å². The number of aliphatic hydroxyl groups is 1. The number of β-amino-alcohol motifs (C(OH)–C–C–N with tert-alkyl or cyclic N) is 1. The SMILES string of the molecule is O=C(O)C1CC(O)CN1CC1Cc2ccccc21. The molecule has 1 aromatic carbocycles. The van der Waals surface area contributed by atoms with Crippen LogP contribution < -0.4 is 0 Å². The quantitative estimate of drug-likeness (QED) is 0.831. The second kappa shape index (κ2) is 4.37. The molecule has 2 N–H and O–H groups in total. The maximum Gasteiger partial charge on any atom is 0.321 e. The predicted octanol–water partition coefficient (Wildman–Crippen LogP) is 0.846. The number of rotatable bonds is 3. The molecule has 1 aliphatic heterocycles. The van der Waals surface area contributed by atoms with Gasteiger partial charge in [0.2, 0.25) is 0 Å². The van der Waals surface area contributed by atoms with Gasteiger partial charge in [0.05, 0.1) is 6.10 Å². The monoisotopic (exact) mass is 247 g/mol. The fourth-order valence-corrected chi connectivity index (χ4v) is 3.15. The summed E-state index contributed by atoms with van der Waals surface area (Å²) in [7, 11) is 0. The average molecular weight is 247 g/mol. The lowest BCUT2D eigenvalue weighted by atomic mass is 9.77. The molecule has 2 aliphatic rings. The Hall–Kier alpha value is -1.39. The highest BCUT2D eigenvalue weighted by Crippen LogP contribution is 2.36. The topological polar surface area (TPSA) is 60.8 Å². The van der Waals surface area contributed by atoms with Crippen LogP contribution in [0.15, 0.2) is 24.3 Å². The molecule has 0 bridgehead atoms. The second-order valence-electron chi connectivity index (χ2n) is 5.30. The fraction of sp³-hybridized carbons (Fsp3) is 0.500. The van der Waals surface area contributed by atoms with Crippen molar-refractivity contribution < 1.29 is 15.0 Å². The van der Waals surface area contributed by atoms with Crippen molar-refractivity contribution in [3.8, 4) is 0 Å². The molecule has 0 spiro atoms. The summed E-state index contributed by atoms with van der Waals surface area (Å²) in [6.07, 6.45) is 0.875. The number of carboxylic acid groups (broad SMARTS) is 1. The predicted molar refractivity (Wildman–Crippen MR) is 66.5 cm³/mol. The van der Waals surface area contributed by atoms with Gasteiger partial charge in [-0.1, -0.05) is 24.3 Å². The molecule has 18 heavy (non-hydrogen) atoms. The van der Waals surface area contributed by atoms with Gasteiger partial charge in [0.25, 0.3) is 0 Å². The summed E-state index contributed by atoms with van der Waals surface area (Å²) in [5.74, 6) is -0.396. The molecular formula is C14H17NO3. The first-order valence-electron chi connectivity index (χ1n) is 6.38. The number of aliphatic carboxylic acids is 1. The zero-order valence-corrected chi connectivity index (χ0v) is 10.1. The lowest BCUT2D eigenvalue weighted by Crippen LogP contribution is -2.40. The van der Waals surface area contributed by atoms with Crippen molar-refractivity contribution in [2.75, 3.05) is 13.1 Å². The van der Waals surface area contributed by atoms with Crippen LogP contribution in [0.4, 0.5) is 0 Å². The van der Waals surface area contributed by atoms with Crippen LogP contribution in [0.3, 0.4) is 0 Å². The molecule has 1 aliphatic carbocycles. The minimum atomic E-state index is -0.820. The molecule has 1 saturated heterocycles. The Balaban J connectivity index is 1.69. The van der Waals surface area contributed by atoms with Gasteiger partial charge in [0, 0.05) is 25.4 Å². The average Bonchev–Trinajstić information content (AvgIpc) is 2.67. The Morgan fingerprint density at radius 1 is 1.39 bits per heavy atom. The molecule has 4 heteroatoms. The number of fused-ring (bicyclic) bond motifs is 1. The highest BCUT2D eigenvalue weighted by molar-refractivity contribution is 5.74. The molecule has 4 nitrogen and oxygen atoms in total. The number of carbonyl (C=O) groups is 1. The van der Waals surface area contributed by atoms with Crippen LogP contribution in [-0.4, -0.2) is 46.3 Å². The van der Waals surface area contributed by atoms with Crippen molar-refractivity contribution in [3.05, 3.63) is 35.4 Å². The van der Waals surface area contributed by atoms with Crippen molar-refractivity contribution in [1.82, 2.24) is 4.90 Å². The molecule has 96 valence electrons. The Morgan fingerprint density at radius 2 is 2.17 bits per heavy atom. The summed E-state index contributed by atoms with van der Waals surface area (Å²) in [5, 5.41) is 18.8. The van der Waals surface area contributed by atoms with Crippen LogP contribution in [0.25, 0.3) is 0 Å². The van der Waals surface area contributed by atoms with E-state index in [2.05, 4.69) is 12.1 Å². The Labute approximate surface area is 106 Å². The van der Waals surface area contributed by atoms with Gasteiger partial charge in [0.15, 0.2) is 0 Å². The maximum atomic E-state index is 11.1. The molecule has 1 heterocycles.